The molecule has 0 aliphatic heterocycles. The zero-order chi connectivity index (χ0) is 12.5. The fraction of sp³-hybridized carbons (Fsp3) is 0.769. The summed E-state index contributed by atoms with van der Waals surface area (Å²) in [6, 6.07) is 0. The van der Waals surface area contributed by atoms with Crippen LogP contribution in [0.1, 0.15) is 47.2 Å². The van der Waals surface area contributed by atoms with E-state index in [2.05, 4.69) is 70.2 Å². The first-order valence-electron chi connectivity index (χ1n) is 6.34. The molecule has 1 aromatic heterocycles. The fourth-order valence-electron chi connectivity index (χ4n) is 3.53. The topological polar surface area (TPSA) is 17.8 Å². The van der Waals surface area contributed by atoms with E-state index in [1.807, 2.05) is 0 Å². The number of hydrogen-bond acceptors (Lipinski definition) is 1. The summed E-state index contributed by atoms with van der Waals surface area (Å²) in [4.78, 5) is 4.43. The molecular formula is C13H26N2Si. The number of aryl methyl sites for hydroxylation is 1. The summed E-state index contributed by atoms with van der Waals surface area (Å²) in [7, 11) is -1.53. The second kappa shape index (κ2) is 4.74. The Hall–Kier alpha value is -0.573. The third-order valence-electron chi connectivity index (χ3n) is 3.93. The van der Waals surface area contributed by atoms with Gasteiger partial charge in [-0.05, 0) is 23.5 Å². The van der Waals surface area contributed by atoms with Gasteiger partial charge in [-0.15, -0.1) is 0 Å². The lowest BCUT2D eigenvalue weighted by atomic mass is 10.5. The van der Waals surface area contributed by atoms with Crippen LogP contribution in [-0.2, 0) is 0 Å². The van der Waals surface area contributed by atoms with Gasteiger partial charge in [0, 0.05) is 6.20 Å². The second-order valence-corrected chi connectivity index (χ2v) is 11.5. The Bertz CT molecular complexity index is 318. The first-order chi connectivity index (χ1) is 7.33. The van der Waals surface area contributed by atoms with E-state index in [4.69, 9.17) is 0 Å². The van der Waals surface area contributed by atoms with Crippen LogP contribution in [0, 0.1) is 6.92 Å². The summed E-state index contributed by atoms with van der Waals surface area (Å²) in [6.07, 6.45) is 4.30. The molecule has 1 rings (SSSR count). The number of nitrogens with zero attached hydrogens (tertiary/aromatic N) is 2. The molecule has 0 aliphatic carbocycles. The van der Waals surface area contributed by atoms with E-state index in [9.17, 15) is 0 Å². The summed E-state index contributed by atoms with van der Waals surface area (Å²) in [5.41, 5.74) is 3.35. The van der Waals surface area contributed by atoms with Gasteiger partial charge in [-0.25, -0.2) is 4.98 Å². The van der Waals surface area contributed by atoms with Gasteiger partial charge in [0.1, 0.15) is 0 Å². The molecule has 0 atom stereocenters. The zero-order valence-corrected chi connectivity index (χ0v) is 12.8. The maximum absolute atomic E-state index is 4.43. The van der Waals surface area contributed by atoms with E-state index in [-0.39, 0.29) is 0 Å². The van der Waals surface area contributed by atoms with Crippen molar-refractivity contribution in [3.63, 3.8) is 0 Å². The van der Waals surface area contributed by atoms with Crippen molar-refractivity contribution in [1.29, 1.82) is 0 Å². The molecule has 0 N–H and O–H groups in total. The van der Waals surface area contributed by atoms with Crippen LogP contribution in [0.25, 0.3) is 0 Å². The largest absolute Gasteiger partial charge is 0.363 e. The van der Waals surface area contributed by atoms with Crippen LogP contribution in [0.15, 0.2) is 12.5 Å². The van der Waals surface area contributed by atoms with E-state index < -0.39 is 8.24 Å². The van der Waals surface area contributed by atoms with Crippen molar-refractivity contribution in [2.75, 3.05) is 0 Å². The standard InChI is InChI=1S/C13H26N2Si/c1-10(2)16(11(3)4,12(5)6)15-8-13(7)14-9-15/h8-12H,1-7H3. The van der Waals surface area contributed by atoms with Gasteiger partial charge in [0.2, 0.25) is 0 Å². The van der Waals surface area contributed by atoms with Crippen LogP contribution in [-0.4, -0.2) is 17.5 Å². The molecule has 1 heterocycles. The van der Waals surface area contributed by atoms with E-state index >= 15 is 0 Å². The van der Waals surface area contributed by atoms with Gasteiger partial charge in [0.25, 0.3) is 0 Å². The predicted molar refractivity (Wildman–Crippen MR) is 73.4 cm³/mol. The molecule has 0 aromatic carbocycles. The maximum atomic E-state index is 4.43. The molecule has 1 aromatic rings. The highest BCUT2D eigenvalue weighted by atomic mass is 28.3. The Morgan fingerprint density at radius 2 is 1.44 bits per heavy atom. The lowest BCUT2D eigenvalue weighted by Crippen LogP contribution is -2.51. The van der Waals surface area contributed by atoms with E-state index in [1.54, 1.807) is 0 Å². The van der Waals surface area contributed by atoms with Gasteiger partial charge in [0.15, 0.2) is 8.24 Å². The van der Waals surface area contributed by atoms with Crippen molar-refractivity contribution in [3.8, 4) is 0 Å². The highest BCUT2D eigenvalue weighted by Crippen LogP contribution is 2.42. The van der Waals surface area contributed by atoms with E-state index in [0.29, 0.717) is 0 Å². The third kappa shape index (κ3) is 1.97. The van der Waals surface area contributed by atoms with Gasteiger partial charge < -0.3 is 4.23 Å². The number of hydrogen-bond donors (Lipinski definition) is 0. The highest BCUT2D eigenvalue weighted by molar-refractivity contribution is 6.82. The third-order valence-corrected chi connectivity index (χ3v) is 10.6. The quantitative estimate of drug-likeness (QED) is 0.718. The molecule has 0 spiro atoms. The van der Waals surface area contributed by atoms with Gasteiger partial charge >= 0.3 is 0 Å². The monoisotopic (exact) mass is 238 g/mol. The minimum atomic E-state index is -1.53. The molecule has 0 aliphatic rings. The number of rotatable bonds is 4. The molecule has 0 amide bonds. The van der Waals surface area contributed by atoms with Gasteiger partial charge in [-0.3, -0.25) is 0 Å². The Morgan fingerprint density at radius 3 is 1.69 bits per heavy atom. The van der Waals surface area contributed by atoms with Crippen LogP contribution in [0.4, 0.5) is 0 Å². The van der Waals surface area contributed by atoms with Crippen LogP contribution in [0.3, 0.4) is 0 Å². The molecule has 0 unspecified atom stereocenters. The first kappa shape index (κ1) is 13.5. The molecule has 2 nitrogen and oxygen atoms in total. The van der Waals surface area contributed by atoms with Crippen molar-refractivity contribution in [1.82, 2.24) is 9.22 Å². The first-order valence-corrected chi connectivity index (χ1v) is 8.52. The zero-order valence-electron chi connectivity index (χ0n) is 11.8. The van der Waals surface area contributed by atoms with E-state index in [0.717, 1.165) is 22.3 Å². The maximum Gasteiger partial charge on any atom is 0.170 e. The second-order valence-electron chi connectivity index (χ2n) is 5.77. The van der Waals surface area contributed by atoms with Crippen molar-refractivity contribution < 1.29 is 0 Å². The van der Waals surface area contributed by atoms with Crippen LogP contribution in [0.2, 0.25) is 16.6 Å². The van der Waals surface area contributed by atoms with Crippen LogP contribution < -0.4 is 0 Å². The molecule has 0 saturated heterocycles. The van der Waals surface area contributed by atoms with E-state index in [1.165, 1.54) is 0 Å². The summed E-state index contributed by atoms with van der Waals surface area (Å²) >= 11 is 0. The molecular weight excluding hydrogens is 212 g/mol. The minimum absolute atomic E-state index is 0.737. The van der Waals surface area contributed by atoms with Gasteiger partial charge in [-0.2, -0.15) is 0 Å². The van der Waals surface area contributed by atoms with Crippen molar-refractivity contribution in [2.45, 2.75) is 65.1 Å². The van der Waals surface area contributed by atoms with Gasteiger partial charge in [-0.1, -0.05) is 41.5 Å². The fourth-order valence-corrected chi connectivity index (χ4v) is 9.98. The number of aromatic nitrogens is 2. The molecule has 0 saturated carbocycles. The van der Waals surface area contributed by atoms with Gasteiger partial charge in [0.05, 0.1) is 12.0 Å². The summed E-state index contributed by atoms with van der Waals surface area (Å²) in [5.74, 6) is 0. The lowest BCUT2D eigenvalue weighted by Gasteiger charge is -2.43. The van der Waals surface area contributed by atoms with Crippen molar-refractivity contribution in [3.05, 3.63) is 18.2 Å². The van der Waals surface area contributed by atoms with Crippen LogP contribution in [0.5, 0.6) is 0 Å². The molecule has 0 bridgehead atoms. The molecule has 0 fully saturated rings. The average Bonchev–Trinajstić information content (AvgIpc) is 2.50. The predicted octanol–water partition coefficient (Wildman–Crippen LogP) is 4.22. The Labute approximate surface area is 101 Å². The smallest absolute Gasteiger partial charge is 0.170 e. The molecule has 92 valence electrons. The summed E-state index contributed by atoms with van der Waals surface area (Å²) in [5, 5.41) is 0. The summed E-state index contributed by atoms with van der Waals surface area (Å²) < 4.78 is 2.47. The Kier molecular flexibility index (Phi) is 4.00. The Balaban J connectivity index is 3.33. The summed E-state index contributed by atoms with van der Waals surface area (Å²) in [6.45, 7) is 16.3. The molecule has 16 heavy (non-hydrogen) atoms. The SMILES string of the molecule is Cc1cn([Si](C(C)C)(C(C)C)C(C)C)cn1. The normalized spacial score (nSPS) is 13.1. The Morgan fingerprint density at radius 1 is 1.00 bits per heavy atom. The highest BCUT2D eigenvalue weighted by Gasteiger charge is 2.45. The minimum Gasteiger partial charge on any atom is -0.363 e. The molecule has 0 radical (unpaired) electrons. The average molecular weight is 238 g/mol. The number of imidazole rings is 1. The molecule has 3 heteroatoms. The lowest BCUT2D eigenvalue weighted by molar-refractivity contribution is 0.763. The van der Waals surface area contributed by atoms with Crippen molar-refractivity contribution in [2.24, 2.45) is 0 Å². The van der Waals surface area contributed by atoms with Crippen molar-refractivity contribution >= 4 is 8.24 Å². The van der Waals surface area contributed by atoms with Crippen LogP contribution >= 0.6 is 0 Å².